The molecule has 6 nitrogen and oxygen atoms in total. The quantitative estimate of drug-likeness (QED) is 0.718. The van der Waals surface area contributed by atoms with Crippen LogP contribution < -0.4 is 10.6 Å². The molecular formula is C14H15FN4O2. The van der Waals surface area contributed by atoms with E-state index in [1.54, 1.807) is 13.0 Å². The summed E-state index contributed by atoms with van der Waals surface area (Å²) in [5.74, 6) is -1.39. The number of carbonyl (C=O) groups is 2. The van der Waals surface area contributed by atoms with E-state index in [4.69, 9.17) is 0 Å². The minimum Gasteiger partial charge on any atom is -0.350 e. The van der Waals surface area contributed by atoms with Gasteiger partial charge in [0.05, 0.1) is 5.56 Å². The number of benzene rings is 1. The van der Waals surface area contributed by atoms with Crippen LogP contribution in [-0.2, 0) is 0 Å². The smallest absolute Gasteiger partial charge is 0.269 e. The maximum absolute atomic E-state index is 13.5. The molecule has 1 heterocycles. The predicted molar refractivity (Wildman–Crippen MR) is 74.4 cm³/mol. The Kier molecular flexibility index (Phi) is 4.65. The summed E-state index contributed by atoms with van der Waals surface area (Å²) in [5.41, 5.74) is 1.13. The Labute approximate surface area is 120 Å². The average Bonchev–Trinajstić information content (AvgIpc) is 3.00. The van der Waals surface area contributed by atoms with Crippen molar-refractivity contribution in [2.75, 3.05) is 13.1 Å². The van der Waals surface area contributed by atoms with E-state index in [0.29, 0.717) is 5.69 Å². The molecule has 0 atom stereocenters. The lowest BCUT2D eigenvalue weighted by molar-refractivity contribution is 0.0923. The molecule has 0 unspecified atom stereocenters. The summed E-state index contributed by atoms with van der Waals surface area (Å²) >= 11 is 0. The maximum atomic E-state index is 13.5. The topological polar surface area (TPSA) is 86.9 Å². The number of nitrogens with one attached hydrogen (secondary N) is 3. The number of H-pyrrole nitrogens is 1. The van der Waals surface area contributed by atoms with Gasteiger partial charge in [0.25, 0.3) is 11.8 Å². The van der Waals surface area contributed by atoms with Gasteiger partial charge in [-0.1, -0.05) is 11.6 Å². The Bertz CT molecular complexity index is 640. The van der Waals surface area contributed by atoms with Crippen LogP contribution in [-0.4, -0.2) is 35.1 Å². The molecule has 21 heavy (non-hydrogen) atoms. The Morgan fingerprint density at radius 2 is 1.90 bits per heavy atom. The average molecular weight is 290 g/mol. The molecule has 0 radical (unpaired) electrons. The summed E-state index contributed by atoms with van der Waals surface area (Å²) in [5, 5.41) is 11.3. The van der Waals surface area contributed by atoms with Crippen molar-refractivity contribution in [3.8, 4) is 0 Å². The van der Waals surface area contributed by atoms with Gasteiger partial charge in [0, 0.05) is 19.3 Å². The first-order chi connectivity index (χ1) is 10.1. The third kappa shape index (κ3) is 3.88. The van der Waals surface area contributed by atoms with E-state index in [9.17, 15) is 14.0 Å². The number of halogens is 1. The zero-order valence-corrected chi connectivity index (χ0v) is 11.4. The lowest BCUT2D eigenvalue weighted by Gasteiger charge is -2.07. The highest BCUT2D eigenvalue weighted by atomic mass is 19.1. The monoisotopic (exact) mass is 290 g/mol. The van der Waals surface area contributed by atoms with E-state index in [-0.39, 0.29) is 24.6 Å². The summed E-state index contributed by atoms with van der Waals surface area (Å²) < 4.78 is 13.5. The summed E-state index contributed by atoms with van der Waals surface area (Å²) in [6, 6.07) is 5.87. The van der Waals surface area contributed by atoms with Crippen molar-refractivity contribution in [1.82, 2.24) is 20.8 Å². The van der Waals surface area contributed by atoms with Gasteiger partial charge in [-0.15, -0.1) is 0 Å². The Morgan fingerprint density at radius 1 is 1.19 bits per heavy atom. The third-order valence-electron chi connectivity index (χ3n) is 2.81. The highest BCUT2D eigenvalue weighted by molar-refractivity contribution is 5.95. The van der Waals surface area contributed by atoms with Crippen molar-refractivity contribution in [1.29, 1.82) is 0 Å². The molecule has 3 N–H and O–H groups in total. The summed E-state index contributed by atoms with van der Waals surface area (Å²) in [6.07, 6.45) is 1.47. The molecular weight excluding hydrogens is 275 g/mol. The van der Waals surface area contributed by atoms with Crippen molar-refractivity contribution >= 4 is 11.8 Å². The predicted octanol–water partition coefficient (Wildman–Crippen LogP) is 1.02. The number of hydrogen-bond acceptors (Lipinski definition) is 3. The first-order valence-corrected chi connectivity index (χ1v) is 6.40. The molecule has 0 aliphatic carbocycles. The molecule has 110 valence electrons. The van der Waals surface area contributed by atoms with Crippen LogP contribution in [0.15, 0.2) is 30.5 Å². The Balaban J connectivity index is 1.79. The van der Waals surface area contributed by atoms with E-state index in [2.05, 4.69) is 20.8 Å². The molecule has 0 fully saturated rings. The number of rotatable bonds is 5. The molecule has 0 aliphatic heterocycles. The van der Waals surface area contributed by atoms with Crippen LogP contribution >= 0.6 is 0 Å². The van der Waals surface area contributed by atoms with Gasteiger partial charge >= 0.3 is 0 Å². The lowest BCUT2D eigenvalue weighted by Crippen LogP contribution is -2.35. The second-order valence-corrected chi connectivity index (χ2v) is 4.47. The number of aromatic nitrogens is 2. The van der Waals surface area contributed by atoms with E-state index in [1.165, 1.54) is 24.4 Å². The number of hydrogen-bond donors (Lipinski definition) is 3. The fourth-order valence-corrected chi connectivity index (χ4v) is 1.74. The maximum Gasteiger partial charge on any atom is 0.269 e. The Morgan fingerprint density at radius 3 is 2.57 bits per heavy atom. The molecule has 2 rings (SSSR count). The molecule has 1 aromatic carbocycles. The van der Waals surface area contributed by atoms with Gasteiger partial charge in [-0.25, -0.2) is 4.39 Å². The molecule has 0 bridgehead atoms. The van der Waals surface area contributed by atoms with Crippen LogP contribution in [0.1, 0.15) is 26.4 Å². The summed E-state index contributed by atoms with van der Waals surface area (Å²) in [7, 11) is 0. The molecule has 0 aliphatic rings. The van der Waals surface area contributed by atoms with Crippen molar-refractivity contribution in [2.24, 2.45) is 0 Å². The van der Waals surface area contributed by atoms with Crippen LogP contribution in [0.2, 0.25) is 0 Å². The minimum absolute atomic E-state index is 0.00473. The summed E-state index contributed by atoms with van der Waals surface area (Å²) in [4.78, 5) is 23.4. The van der Waals surface area contributed by atoms with Crippen LogP contribution in [0.3, 0.4) is 0 Å². The first kappa shape index (κ1) is 14.7. The van der Waals surface area contributed by atoms with E-state index >= 15 is 0 Å². The highest BCUT2D eigenvalue weighted by Crippen LogP contribution is 2.09. The molecule has 1 aromatic heterocycles. The van der Waals surface area contributed by atoms with E-state index in [0.717, 1.165) is 5.56 Å². The zero-order valence-electron chi connectivity index (χ0n) is 11.4. The largest absolute Gasteiger partial charge is 0.350 e. The normalized spacial score (nSPS) is 10.2. The first-order valence-electron chi connectivity index (χ1n) is 6.40. The standard InChI is InChI=1S/C14H15FN4O2/c1-9-2-3-11(15)10(8-9)13(20)16-6-7-17-14(21)12-4-5-18-19-12/h2-5,8H,6-7H2,1H3,(H,16,20)(H,17,21)(H,18,19). The zero-order chi connectivity index (χ0) is 15.2. The van der Waals surface area contributed by atoms with Gasteiger partial charge in [0.1, 0.15) is 11.5 Å². The number of nitrogens with zero attached hydrogens (tertiary/aromatic N) is 1. The SMILES string of the molecule is Cc1ccc(F)c(C(=O)NCCNC(=O)c2ccn[nH]2)c1. The number of aromatic amines is 1. The van der Waals surface area contributed by atoms with Crippen molar-refractivity contribution in [2.45, 2.75) is 6.92 Å². The van der Waals surface area contributed by atoms with Crippen LogP contribution in [0.4, 0.5) is 4.39 Å². The molecule has 2 aromatic rings. The highest BCUT2D eigenvalue weighted by Gasteiger charge is 2.11. The molecule has 0 saturated carbocycles. The Hall–Kier alpha value is -2.70. The van der Waals surface area contributed by atoms with Crippen molar-refractivity contribution < 1.29 is 14.0 Å². The van der Waals surface area contributed by atoms with E-state index in [1.807, 2.05) is 0 Å². The van der Waals surface area contributed by atoms with Gasteiger partial charge in [-0.3, -0.25) is 14.7 Å². The van der Waals surface area contributed by atoms with Gasteiger partial charge in [-0.05, 0) is 25.1 Å². The molecule has 2 amide bonds. The molecule has 7 heteroatoms. The van der Waals surface area contributed by atoms with Crippen LogP contribution in [0.25, 0.3) is 0 Å². The fourth-order valence-electron chi connectivity index (χ4n) is 1.74. The van der Waals surface area contributed by atoms with Crippen molar-refractivity contribution in [3.05, 3.63) is 53.1 Å². The second kappa shape index (κ2) is 6.65. The van der Waals surface area contributed by atoms with E-state index < -0.39 is 11.7 Å². The van der Waals surface area contributed by atoms with Gasteiger partial charge in [0.2, 0.25) is 0 Å². The lowest BCUT2D eigenvalue weighted by atomic mass is 10.1. The van der Waals surface area contributed by atoms with Gasteiger partial charge in [-0.2, -0.15) is 5.10 Å². The number of aryl methyl sites for hydroxylation is 1. The van der Waals surface area contributed by atoms with Crippen molar-refractivity contribution in [3.63, 3.8) is 0 Å². The number of amides is 2. The third-order valence-corrected chi connectivity index (χ3v) is 2.81. The molecule has 0 spiro atoms. The van der Waals surface area contributed by atoms with Crippen LogP contribution in [0.5, 0.6) is 0 Å². The molecule has 0 saturated heterocycles. The minimum atomic E-state index is -0.570. The fraction of sp³-hybridized carbons (Fsp3) is 0.214. The van der Waals surface area contributed by atoms with Gasteiger partial charge in [0.15, 0.2) is 0 Å². The second-order valence-electron chi connectivity index (χ2n) is 4.47. The van der Waals surface area contributed by atoms with Crippen LogP contribution in [0, 0.1) is 12.7 Å². The number of carbonyl (C=O) groups excluding carboxylic acids is 2. The van der Waals surface area contributed by atoms with Gasteiger partial charge < -0.3 is 10.6 Å². The summed E-state index contributed by atoms with van der Waals surface area (Å²) in [6.45, 7) is 2.21.